The van der Waals surface area contributed by atoms with Crippen molar-refractivity contribution in [2.24, 2.45) is 0 Å². The highest BCUT2D eigenvalue weighted by Crippen LogP contribution is 2.27. The number of hydrogen-bond donors (Lipinski definition) is 2. The highest BCUT2D eigenvalue weighted by molar-refractivity contribution is 14.2. The van der Waals surface area contributed by atoms with Crippen LogP contribution in [0.25, 0.3) is 0 Å². The lowest BCUT2D eigenvalue weighted by molar-refractivity contribution is 0.0664. The van der Waals surface area contributed by atoms with Gasteiger partial charge in [0.2, 0.25) is 5.90 Å². The van der Waals surface area contributed by atoms with E-state index in [2.05, 4.69) is 82.2 Å². The third kappa shape index (κ3) is 13.5. The summed E-state index contributed by atoms with van der Waals surface area (Å²) in [5.41, 5.74) is 2.16. The van der Waals surface area contributed by atoms with Crippen molar-refractivity contribution in [3.05, 3.63) is 51.5 Å². The summed E-state index contributed by atoms with van der Waals surface area (Å²) in [6.45, 7) is 11.4. The number of benzene rings is 1. The molecule has 0 saturated heterocycles. The number of carbonyl (C=O) groups is 1. The SMILES string of the molecule is C#C.CC.CNC(CN(I)I)OC(=N)c1cccc(C(=O)N(Cc2nc(C)cs2)C2CCCC2)c1.CPC. The Kier molecular flexibility index (Phi) is 21.4. The zero-order chi connectivity index (χ0) is 29.1. The van der Waals surface area contributed by atoms with Gasteiger partial charge in [-0.05, 0) is 58.3 Å². The Labute approximate surface area is 263 Å². The van der Waals surface area contributed by atoms with Crippen LogP contribution in [0.2, 0.25) is 0 Å². The first-order valence-electron chi connectivity index (χ1n) is 12.5. The minimum Gasteiger partial charge on any atom is -0.457 e. The van der Waals surface area contributed by atoms with Gasteiger partial charge in [-0.1, -0.05) is 32.8 Å². The van der Waals surface area contributed by atoms with Crippen molar-refractivity contribution < 1.29 is 9.53 Å². The van der Waals surface area contributed by atoms with Crippen molar-refractivity contribution in [2.75, 3.05) is 26.9 Å². The van der Waals surface area contributed by atoms with Crippen LogP contribution in [-0.4, -0.2) is 62.2 Å². The molecule has 3 rings (SSSR count). The molecule has 0 spiro atoms. The number of nitrogens with zero attached hydrogens (tertiary/aromatic N) is 3. The van der Waals surface area contributed by atoms with Crippen LogP contribution >= 0.6 is 65.6 Å². The number of ether oxygens (including phenoxy) is 1. The second-order valence-corrected chi connectivity index (χ2v) is 14.2. The molecule has 0 radical (unpaired) electrons. The maximum Gasteiger partial charge on any atom is 0.254 e. The molecule has 1 amide bonds. The average molecular weight is 786 g/mol. The number of aryl methyl sites for hydroxylation is 1. The van der Waals surface area contributed by atoms with E-state index in [0.717, 1.165) is 45.0 Å². The summed E-state index contributed by atoms with van der Waals surface area (Å²) in [6.07, 6.45) is 12.0. The zero-order valence-corrected chi connectivity index (χ0v) is 29.4. The first-order chi connectivity index (χ1) is 18.3. The first kappa shape index (κ1) is 37.2. The van der Waals surface area contributed by atoms with Crippen LogP contribution in [0.15, 0.2) is 29.6 Å². The van der Waals surface area contributed by atoms with Gasteiger partial charge in [-0.2, -0.15) is 1.33 Å². The van der Waals surface area contributed by atoms with Gasteiger partial charge in [0.15, 0.2) is 6.23 Å². The lowest BCUT2D eigenvalue weighted by atomic mass is 10.1. The molecule has 1 atom stereocenters. The van der Waals surface area contributed by atoms with E-state index in [1.807, 2.05) is 50.6 Å². The maximum absolute atomic E-state index is 13.5. The summed E-state index contributed by atoms with van der Waals surface area (Å²) in [4.78, 5) is 20.0. The van der Waals surface area contributed by atoms with Crippen LogP contribution in [0.5, 0.6) is 0 Å². The molecule has 1 aliphatic rings. The number of halogens is 2. The van der Waals surface area contributed by atoms with Crippen molar-refractivity contribution in [2.45, 2.75) is 65.3 Å². The predicted octanol–water partition coefficient (Wildman–Crippen LogP) is 7.13. The Morgan fingerprint density at radius 3 is 2.34 bits per heavy atom. The molecule has 1 saturated carbocycles. The molecule has 11 heteroatoms. The normalized spacial score (nSPS) is 13.1. The van der Waals surface area contributed by atoms with Gasteiger partial charge in [0.25, 0.3) is 5.91 Å². The molecule has 1 fully saturated rings. The van der Waals surface area contributed by atoms with Gasteiger partial charge in [0.1, 0.15) is 5.01 Å². The van der Waals surface area contributed by atoms with Crippen LogP contribution in [-0.2, 0) is 11.3 Å². The lowest BCUT2D eigenvalue weighted by Gasteiger charge is -2.28. The van der Waals surface area contributed by atoms with Crippen LogP contribution in [0.4, 0.5) is 0 Å². The van der Waals surface area contributed by atoms with E-state index in [-0.39, 0.29) is 24.1 Å². The Hall–Kier alpha value is -0.840. The van der Waals surface area contributed by atoms with E-state index < -0.39 is 0 Å². The van der Waals surface area contributed by atoms with Crippen LogP contribution < -0.4 is 5.32 Å². The minimum absolute atomic E-state index is 0.00901. The van der Waals surface area contributed by atoms with Crippen molar-refractivity contribution in [1.29, 1.82) is 5.41 Å². The number of terminal acetylenes is 1. The molecule has 1 aromatic carbocycles. The Balaban J connectivity index is 0.00000179. The second kappa shape index (κ2) is 21.9. The van der Waals surface area contributed by atoms with E-state index in [1.165, 1.54) is 0 Å². The maximum atomic E-state index is 13.5. The van der Waals surface area contributed by atoms with Crippen LogP contribution in [0, 0.1) is 25.2 Å². The van der Waals surface area contributed by atoms with E-state index in [9.17, 15) is 4.79 Å². The largest absolute Gasteiger partial charge is 0.457 e. The third-order valence-corrected chi connectivity index (χ3v) is 7.00. The molecule has 1 heterocycles. The molecule has 2 N–H and O–H groups in total. The summed E-state index contributed by atoms with van der Waals surface area (Å²) in [5, 5.41) is 14.4. The Morgan fingerprint density at radius 2 is 1.84 bits per heavy atom. The standard InChI is InChI=1S/C21H27I2N5O2S.C2H7P.C2H6.C2H2/c1-14-13-31-19(26-14)12-27(17-8-3-4-9-17)21(29)16-7-5-6-15(10-16)20(24)30-18(25-2)11-28(22)23;1-3-2;2*1-2/h5-7,10,13,17-18,24-25H,3-4,8-9,11-12H2,1-2H3;3H,1-2H3;1-2H3;1-2H. The number of rotatable bonds is 9. The van der Waals surface area contributed by atoms with Gasteiger partial charge in [-0.15, -0.1) is 32.8 Å². The molecule has 2 aromatic rings. The second-order valence-electron chi connectivity index (χ2n) is 8.04. The number of carbonyl (C=O) groups excluding carboxylic acids is 1. The fourth-order valence-electron chi connectivity index (χ4n) is 3.69. The highest BCUT2D eigenvalue weighted by Gasteiger charge is 2.28. The number of thiazole rings is 1. The predicted molar refractivity (Wildman–Crippen MR) is 182 cm³/mol. The minimum atomic E-state index is -0.316. The van der Waals surface area contributed by atoms with Gasteiger partial charge in [-0.3, -0.25) is 15.5 Å². The summed E-state index contributed by atoms with van der Waals surface area (Å²) >= 11 is 5.93. The fourth-order valence-corrected chi connectivity index (χ4v) is 5.17. The molecule has 1 unspecified atom stereocenters. The molecule has 212 valence electrons. The number of nitrogens with one attached hydrogen (secondary N) is 2. The Morgan fingerprint density at radius 1 is 1.26 bits per heavy atom. The van der Waals surface area contributed by atoms with Gasteiger partial charge in [-0.25, -0.2) is 4.98 Å². The molecule has 38 heavy (non-hydrogen) atoms. The quantitative estimate of drug-likeness (QED) is 0.0539. The molecular weight excluding hydrogens is 743 g/mol. The van der Waals surface area contributed by atoms with E-state index in [4.69, 9.17) is 10.1 Å². The van der Waals surface area contributed by atoms with Crippen LogP contribution in [0.1, 0.15) is 66.2 Å². The smallest absolute Gasteiger partial charge is 0.254 e. The number of hydrogen-bond acceptors (Lipinski definition) is 7. The number of amides is 1. The molecular formula is C27H42I2N5O2PS. The summed E-state index contributed by atoms with van der Waals surface area (Å²) < 4.78 is 7.71. The van der Waals surface area contributed by atoms with E-state index in [0.29, 0.717) is 24.2 Å². The monoisotopic (exact) mass is 785 g/mol. The van der Waals surface area contributed by atoms with E-state index >= 15 is 0 Å². The van der Waals surface area contributed by atoms with Crippen molar-refractivity contribution in [1.82, 2.24) is 16.5 Å². The first-order valence-corrected chi connectivity index (χ1v) is 17.4. The van der Waals surface area contributed by atoms with Crippen molar-refractivity contribution in [3.63, 3.8) is 0 Å². The van der Waals surface area contributed by atoms with Crippen molar-refractivity contribution >= 4 is 77.5 Å². The van der Waals surface area contributed by atoms with Gasteiger partial charge < -0.3 is 9.64 Å². The number of likely N-dealkylation sites (N-methyl/N-ethyl adjacent to an activating group) is 1. The van der Waals surface area contributed by atoms with Crippen LogP contribution in [0.3, 0.4) is 0 Å². The zero-order valence-electron chi connectivity index (χ0n) is 23.3. The Bertz CT molecular complexity index is 968. The average Bonchev–Trinajstić information content (AvgIpc) is 3.61. The van der Waals surface area contributed by atoms with Gasteiger partial charge >= 0.3 is 0 Å². The molecule has 1 aromatic heterocycles. The summed E-state index contributed by atoms with van der Waals surface area (Å²) in [5.74, 6) is 0.0388. The molecule has 0 aliphatic heterocycles. The lowest BCUT2D eigenvalue weighted by Crippen LogP contribution is -2.38. The van der Waals surface area contributed by atoms with Gasteiger partial charge in [0, 0.05) is 74.0 Å². The summed E-state index contributed by atoms with van der Waals surface area (Å²) in [6, 6.07) is 7.45. The molecule has 1 aliphatic carbocycles. The van der Waals surface area contributed by atoms with Gasteiger partial charge in [0.05, 0.1) is 13.1 Å². The fraction of sp³-hybridized carbons (Fsp3) is 0.519. The third-order valence-electron chi connectivity index (χ3n) is 5.26. The van der Waals surface area contributed by atoms with E-state index in [1.54, 1.807) is 24.5 Å². The highest BCUT2D eigenvalue weighted by atomic mass is 127. The topological polar surface area (TPSA) is 81.5 Å². The number of aromatic nitrogens is 1. The van der Waals surface area contributed by atoms with Crippen molar-refractivity contribution in [3.8, 4) is 12.8 Å². The molecule has 7 nitrogen and oxygen atoms in total. The molecule has 0 bridgehead atoms. The summed E-state index contributed by atoms with van der Waals surface area (Å²) in [7, 11) is 2.88.